The second-order valence-electron chi connectivity index (χ2n) is 6.86. The lowest BCUT2D eigenvalue weighted by atomic mass is 10.2. The highest BCUT2D eigenvalue weighted by molar-refractivity contribution is 7.99. The standard InChI is InChI=1S/C19H34N2O5S/c1-4-6-7-8-12-27-13-15(19(25)26-5-2)20-14(3)17(22)21-11-9-10-16(21)18(23)24/h14-16,20H,4-13H2,1-3H3,(H,23,24)/t14-,15-,16-/m0/s1. The molecule has 8 heteroatoms. The number of esters is 1. The first-order valence-corrected chi connectivity index (χ1v) is 11.1. The van der Waals surface area contributed by atoms with Gasteiger partial charge in [0.25, 0.3) is 0 Å². The lowest BCUT2D eigenvalue weighted by molar-refractivity contribution is -0.150. The number of carbonyl (C=O) groups excluding carboxylic acids is 2. The molecule has 1 aliphatic heterocycles. The maximum atomic E-state index is 12.7. The van der Waals surface area contributed by atoms with Crippen LogP contribution in [-0.4, -0.2) is 70.6 Å². The lowest BCUT2D eigenvalue weighted by Gasteiger charge is -2.27. The van der Waals surface area contributed by atoms with Crippen molar-refractivity contribution in [3.8, 4) is 0 Å². The summed E-state index contributed by atoms with van der Waals surface area (Å²) in [6.45, 7) is 6.33. The third-order valence-electron chi connectivity index (χ3n) is 4.64. The minimum absolute atomic E-state index is 0.276. The van der Waals surface area contributed by atoms with E-state index in [1.165, 1.54) is 24.2 Å². The molecule has 1 amide bonds. The van der Waals surface area contributed by atoms with Gasteiger partial charge >= 0.3 is 11.9 Å². The molecule has 27 heavy (non-hydrogen) atoms. The monoisotopic (exact) mass is 402 g/mol. The fourth-order valence-corrected chi connectivity index (χ4v) is 4.21. The number of amides is 1. The van der Waals surface area contributed by atoms with Gasteiger partial charge < -0.3 is 14.7 Å². The summed E-state index contributed by atoms with van der Waals surface area (Å²) < 4.78 is 5.13. The van der Waals surface area contributed by atoms with Gasteiger partial charge in [-0.1, -0.05) is 26.2 Å². The Morgan fingerprint density at radius 3 is 2.63 bits per heavy atom. The highest BCUT2D eigenvalue weighted by Gasteiger charge is 2.36. The van der Waals surface area contributed by atoms with Crippen LogP contribution in [0.2, 0.25) is 0 Å². The van der Waals surface area contributed by atoms with Crippen LogP contribution < -0.4 is 5.32 Å². The minimum Gasteiger partial charge on any atom is -0.480 e. The van der Waals surface area contributed by atoms with Crippen molar-refractivity contribution in [3.05, 3.63) is 0 Å². The van der Waals surface area contributed by atoms with Gasteiger partial charge in [-0.05, 0) is 38.9 Å². The highest BCUT2D eigenvalue weighted by Crippen LogP contribution is 2.19. The van der Waals surface area contributed by atoms with Gasteiger partial charge in [0, 0.05) is 12.3 Å². The largest absolute Gasteiger partial charge is 0.480 e. The molecule has 3 atom stereocenters. The number of hydrogen-bond donors (Lipinski definition) is 2. The molecule has 1 heterocycles. The van der Waals surface area contributed by atoms with Gasteiger partial charge in [0.05, 0.1) is 12.6 Å². The van der Waals surface area contributed by atoms with E-state index in [4.69, 9.17) is 4.74 Å². The van der Waals surface area contributed by atoms with Gasteiger partial charge in [0.1, 0.15) is 12.1 Å². The summed E-state index contributed by atoms with van der Waals surface area (Å²) in [7, 11) is 0. The van der Waals surface area contributed by atoms with Crippen molar-refractivity contribution in [2.24, 2.45) is 0 Å². The Bertz CT molecular complexity index is 489. The molecule has 0 aromatic heterocycles. The predicted octanol–water partition coefficient (Wildman–Crippen LogP) is 2.29. The first kappa shape index (κ1) is 23.8. The lowest BCUT2D eigenvalue weighted by Crippen LogP contribution is -2.54. The summed E-state index contributed by atoms with van der Waals surface area (Å²) in [6, 6.07) is -1.98. The van der Waals surface area contributed by atoms with Gasteiger partial charge in [0.15, 0.2) is 0 Å². The molecule has 1 rings (SSSR count). The summed E-state index contributed by atoms with van der Waals surface area (Å²) in [4.78, 5) is 37.6. The molecule has 0 aromatic rings. The average Bonchev–Trinajstić information content (AvgIpc) is 3.13. The van der Waals surface area contributed by atoms with E-state index in [2.05, 4.69) is 12.2 Å². The van der Waals surface area contributed by atoms with E-state index in [9.17, 15) is 19.5 Å². The van der Waals surface area contributed by atoms with Gasteiger partial charge in [-0.3, -0.25) is 14.9 Å². The number of hydrogen-bond acceptors (Lipinski definition) is 6. The fourth-order valence-electron chi connectivity index (χ4n) is 3.17. The van der Waals surface area contributed by atoms with Crippen LogP contribution in [0.15, 0.2) is 0 Å². The number of carbonyl (C=O) groups is 3. The van der Waals surface area contributed by atoms with E-state index in [-0.39, 0.29) is 18.5 Å². The van der Waals surface area contributed by atoms with Crippen LogP contribution in [0.1, 0.15) is 59.3 Å². The number of ether oxygens (including phenoxy) is 1. The molecule has 1 fully saturated rings. The van der Waals surface area contributed by atoms with Crippen LogP contribution in [0.25, 0.3) is 0 Å². The van der Waals surface area contributed by atoms with Gasteiger partial charge in [0.2, 0.25) is 5.91 Å². The molecule has 0 aromatic carbocycles. The Morgan fingerprint density at radius 1 is 1.26 bits per heavy atom. The van der Waals surface area contributed by atoms with E-state index < -0.39 is 24.1 Å². The molecular formula is C19H34N2O5S. The van der Waals surface area contributed by atoms with Crippen LogP contribution in [0.3, 0.4) is 0 Å². The Morgan fingerprint density at radius 2 is 2.00 bits per heavy atom. The Hall–Kier alpha value is -1.28. The third kappa shape index (κ3) is 8.09. The smallest absolute Gasteiger partial charge is 0.326 e. The summed E-state index contributed by atoms with van der Waals surface area (Å²) in [5.74, 6) is -0.118. The molecule has 7 nitrogen and oxygen atoms in total. The number of thioether (sulfide) groups is 1. The zero-order valence-corrected chi connectivity index (χ0v) is 17.6. The van der Waals surface area contributed by atoms with E-state index in [1.807, 2.05) is 0 Å². The number of carboxylic acid groups (broad SMARTS) is 1. The Labute approximate surface area is 166 Å². The summed E-state index contributed by atoms with van der Waals surface area (Å²) in [5.41, 5.74) is 0. The van der Waals surface area contributed by atoms with Crippen molar-refractivity contribution in [1.29, 1.82) is 0 Å². The number of nitrogens with one attached hydrogen (secondary N) is 1. The summed E-state index contributed by atoms with van der Waals surface area (Å²) >= 11 is 1.68. The van der Waals surface area contributed by atoms with Crippen LogP contribution in [-0.2, 0) is 19.1 Å². The number of nitrogens with zero attached hydrogens (tertiary/aromatic N) is 1. The maximum Gasteiger partial charge on any atom is 0.326 e. The molecule has 0 bridgehead atoms. The Kier molecular flexibility index (Phi) is 11.4. The van der Waals surface area contributed by atoms with Gasteiger partial charge in [-0.25, -0.2) is 4.79 Å². The first-order chi connectivity index (χ1) is 12.9. The van der Waals surface area contributed by atoms with Crippen molar-refractivity contribution in [2.45, 2.75) is 77.4 Å². The molecule has 0 spiro atoms. The van der Waals surface area contributed by atoms with Crippen LogP contribution in [0.5, 0.6) is 0 Å². The molecule has 1 saturated heterocycles. The zero-order chi connectivity index (χ0) is 20.2. The van der Waals surface area contributed by atoms with Crippen LogP contribution in [0, 0.1) is 0 Å². The number of aliphatic carboxylic acids is 1. The SMILES string of the molecule is CCCCCCSC[C@H](N[C@@H](C)C(=O)N1CCC[C@H]1C(=O)O)C(=O)OCC. The number of carboxylic acids is 1. The first-order valence-electron chi connectivity index (χ1n) is 9.96. The zero-order valence-electron chi connectivity index (χ0n) is 16.7. The molecular weight excluding hydrogens is 368 g/mol. The van der Waals surface area contributed by atoms with Crippen molar-refractivity contribution >= 4 is 29.6 Å². The van der Waals surface area contributed by atoms with Crippen molar-refractivity contribution < 1.29 is 24.2 Å². The molecule has 0 unspecified atom stereocenters. The second-order valence-corrected chi connectivity index (χ2v) is 8.01. The quantitative estimate of drug-likeness (QED) is 0.360. The van der Waals surface area contributed by atoms with Crippen LogP contribution in [0.4, 0.5) is 0 Å². The Balaban J connectivity index is 2.58. The van der Waals surface area contributed by atoms with E-state index >= 15 is 0 Å². The van der Waals surface area contributed by atoms with Gasteiger partial charge in [-0.2, -0.15) is 11.8 Å². The average molecular weight is 403 g/mol. The molecule has 0 saturated carbocycles. The second kappa shape index (κ2) is 13.0. The number of rotatable bonds is 13. The predicted molar refractivity (Wildman–Crippen MR) is 107 cm³/mol. The maximum absolute atomic E-state index is 12.7. The van der Waals surface area contributed by atoms with E-state index in [0.29, 0.717) is 25.1 Å². The summed E-state index contributed by atoms with van der Waals surface area (Å²) in [6.07, 6.45) is 5.85. The molecule has 0 radical (unpaired) electrons. The van der Waals surface area contributed by atoms with E-state index in [0.717, 1.165) is 12.2 Å². The van der Waals surface area contributed by atoms with Crippen molar-refractivity contribution in [1.82, 2.24) is 10.2 Å². The molecule has 156 valence electrons. The molecule has 2 N–H and O–H groups in total. The summed E-state index contributed by atoms with van der Waals surface area (Å²) in [5, 5.41) is 12.3. The van der Waals surface area contributed by atoms with E-state index in [1.54, 1.807) is 25.6 Å². The van der Waals surface area contributed by atoms with Crippen molar-refractivity contribution in [3.63, 3.8) is 0 Å². The number of unbranched alkanes of at least 4 members (excludes halogenated alkanes) is 3. The van der Waals surface area contributed by atoms with Gasteiger partial charge in [-0.15, -0.1) is 0 Å². The molecule has 1 aliphatic rings. The fraction of sp³-hybridized carbons (Fsp3) is 0.842. The molecule has 0 aliphatic carbocycles. The van der Waals surface area contributed by atoms with Crippen LogP contribution >= 0.6 is 11.8 Å². The highest BCUT2D eigenvalue weighted by atomic mass is 32.2. The number of likely N-dealkylation sites (tertiary alicyclic amines) is 1. The minimum atomic E-state index is -0.974. The normalized spacial score (nSPS) is 18.9. The van der Waals surface area contributed by atoms with Crippen molar-refractivity contribution in [2.75, 3.05) is 24.7 Å². The third-order valence-corrected chi connectivity index (χ3v) is 5.79. The topological polar surface area (TPSA) is 95.9 Å².